The minimum Gasteiger partial charge on any atom is -0.464 e. The Hall–Kier alpha value is -1.72. The lowest BCUT2D eigenvalue weighted by atomic mass is 10.0. The van der Waals surface area contributed by atoms with Crippen molar-refractivity contribution in [1.82, 2.24) is 0 Å². The predicted molar refractivity (Wildman–Crippen MR) is 63.8 cm³/mol. The molecule has 2 rings (SSSR count). The second-order valence-electron chi connectivity index (χ2n) is 4.29. The molecule has 0 aromatic heterocycles. The molecular formula is C13H14F3NO2. The zero-order valence-electron chi connectivity index (χ0n) is 10.4. The van der Waals surface area contributed by atoms with E-state index in [2.05, 4.69) is 0 Å². The van der Waals surface area contributed by atoms with E-state index in [0.29, 0.717) is 25.3 Å². The summed E-state index contributed by atoms with van der Waals surface area (Å²) in [5.41, 5.74) is -0.0817. The van der Waals surface area contributed by atoms with E-state index in [9.17, 15) is 18.0 Å². The number of nitrogens with zero attached hydrogens (tertiary/aromatic N) is 1. The quantitative estimate of drug-likeness (QED) is 0.793. The van der Waals surface area contributed by atoms with Crippen LogP contribution in [0.15, 0.2) is 24.3 Å². The monoisotopic (exact) mass is 273 g/mol. The number of alkyl halides is 3. The van der Waals surface area contributed by atoms with Gasteiger partial charge in [0.05, 0.1) is 12.2 Å². The zero-order chi connectivity index (χ0) is 14.0. The summed E-state index contributed by atoms with van der Waals surface area (Å²) in [5.74, 6) is -0.325. The van der Waals surface area contributed by atoms with Gasteiger partial charge in [-0.1, -0.05) is 0 Å². The Bertz CT molecular complexity index is 456. The summed E-state index contributed by atoms with van der Waals surface area (Å²) in [5, 5.41) is 0. The second-order valence-corrected chi connectivity index (χ2v) is 4.29. The molecule has 19 heavy (non-hydrogen) atoms. The molecule has 0 aliphatic carbocycles. The van der Waals surface area contributed by atoms with Gasteiger partial charge in [0, 0.05) is 12.2 Å². The van der Waals surface area contributed by atoms with Crippen molar-refractivity contribution in [2.45, 2.75) is 25.6 Å². The highest BCUT2D eigenvalue weighted by Gasteiger charge is 2.36. The van der Waals surface area contributed by atoms with E-state index in [4.69, 9.17) is 4.74 Å². The van der Waals surface area contributed by atoms with Gasteiger partial charge in [-0.3, -0.25) is 0 Å². The average molecular weight is 273 g/mol. The van der Waals surface area contributed by atoms with Gasteiger partial charge in [-0.25, -0.2) is 4.79 Å². The molecular weight excluding hydrogens is 259 g/mol. The largest absolute Gasteiger partial charge is 0.464 e. The van der Waals surface area contributed by atoms with Gasteiger partial charge in [-0.05, 0) is 37.6 Å². The highest BCUT2D eigenvalue weighted by Crippen LogP contribution is 2.32. The Morgan fingerprint density at radius 1 is 1.37 bits per heavy atom. The lowest BCUT2D eigenvalue weighted by Crippen LogP contribution is -2.53. The first-order valence-corrected chi connectivity index (χ1v) is 6.04. The van der Waals surface area contributed by atoms with E-state index in [1.54, 1.807) is 11.8 Å². The summed E-state index contributed by atoms with van der Waals surface area (Å²) < 4.78 is 42.2. The standard InChI is InChI=1S/C13H14F3NO2/c1-2-19-12(18)11-7-8-17(11)10-5-3-9(4-6-10)13(14,15)16/h3-6,11H,2,7-8H2,1H3. The minimum absolute atomic E-state index is 0.302. The number of hydrogen-bond donors (Lipinski definition) is 0. The molecule has 0 saturated carbocycles. The van der Waals surface area contributed by atoms with Gasteiger partial charge in [0.1, 0.15) is 6.04 Å². The van der Waals surface area contributed by atoms with Crippen molar-refractivity contribution in [3.05, 3.63) is 29.8 Å². The van der Waals surface area contributed by atoms with Crippen molar-refractivity contribution < 1.29 is 22.7 Å². The minimum atomic E-state index is -4.34. The zero-order valence-corrected chi connectivity index (χ0v) is 10.4. The highest BCUT2D eigenvalue weighted by atomic mass is 19.4. The Morgan fingerprint density at radius 2 is 2.00 bits per heavy atom. The van der Waals surface area contributed by atoms with Crippen LogP contribution in [0.4, 0.5) is 18.9 Å². The van der Waals surface area contributed by atoms with Crippen molar-refractivity contribution in [3.63, 3.8) is 0 Å². The van der Waals surface area contributed by atoms with Gasteiger partial charge in [0.2, 0.25) is 0 Å². The first-order chi connectivity index (χ1) is 8.93. The number of carbonyl (C=O) groups is 1. The fourth-order valence-electron chi connectivity index (χ4n) is 2.02. The molecule has 0 N–H and O–H groups in total. The van der Waals surface area contributed by atoms with E-state index in [1.807, 2.05) is 0 Å². The van der Waals surface area contributed by atoms with E-state index in [1.165, 1.54) is 12.1 Å². The van der Waals surface area contributed by atoms with Crippen LogP contribution >= 0.6 is 0 Å². The number of anilines is 1. The number of rotatable bonds is 3. The molecule has 0 radical (unpaired) electrons. The molecule has 1 unspecified atom stereocenters. The summed E-state index contributed by atoms with van der Waals surface area (Å²) in [6.45, 7) is 2.67. The first kappa shape index (κ1) is 13.7. The van der Waals surface area contributed by atoms with E-state index >= 15 is 0 Å². The maximum atomic E-state index is 12.4. The maximum Gasteiger partial charge on any atom is 0.416 e. The molecule has 1 heterocycles. The molecule has 0 bridgehead atoms. The van der Waals surface area contributed by atoms with Gasteiger partial charge < -0.3 is 9.64 Å². The van der Waals surface area contributed by atoms with Gasteiger partial charge in [0.15, 0.2) is 0 Å². The predicted octanol–water partition coefficient (Wildman–Crippen LogP) is 2.85. The molecule has 104 valence electrons. The third-order valence-electron chi connectivity index (χ3n) is 3.10. The molecule has 1 aliphatic heterocycles. The van der Waals surface area contributed by atoms with Gasteiger partial charge in [0.25, 0.3) is 0 Å². The Labute approximate surface area is 109 Å². The second kappa shape index (κ2) is 5.11. The van der Waals surface area contributed by atoms with Crippen LogP contribution in [0.1, 0.15) is 18.9 Å². The SMILES string of the molecule is CCOC(=O)C1CCN1c1ccc(C(F)(F)F)cc1. The van der Waals surface area contributed by atoms with Gasteiger partial charge in [-0.15, -0.1) is 0 Å². The fourth-order valence-corrected chi connectivity index (χ4v) is 2.02. The van der Waals surface area contributed by atoms with Gasteiger partial charge >= 0.3 is 12.1 Å². The normalized spacial score (nSPS) is 18.9. The van der Waals surface area contributed by atoms with Crippen LogP contribution in [0.25, 0.3) is 0 Å². The molecule has 3 nitrogen and oxygen atoms in total. The third-order valence-corrected chi connectivity index (χ3v) is 3.10. The van der Waals surface area contributed by atoms with Crippen LogP contribution in [0.2, 0.25) is 0 Å². The maximum absolute atomic E-state index is 12.4. The molecule has 1 aromatic rings. The number of ether oxygens (including phenoxy) is 1. The first-order valence-electron chi connectivity index (χ1n) is 6.04. The molecule has 0 spiro atoms. The number of carbonyl (C=O) groups excluding carboxylic acids is 1. The van der Waals surface area contributed by atoms with Crippen LogP contribution < -0.4 is 4.90 Å². The van der Waals surface area contributed by atoms with Crippen molar-refractivity contribution in [1.29, 1.82) is 0 Å². The van der Waals surface area contributed by atoms with Gasteiger partial charge in [-0.2, -0.15) is 13.2 Å². The summed E-state index contributed by atoms with van der Waals surface area (Å²) in [6.07, 6.45) is -3.67. The van der Waals surface area contributed by atoms with Crippen molar-refractivity contribution in [2.75, 3.05) is 18.1 Å². The molecule has 1 saturated heterocycles. The fraction of sp³-hybridized carbons (Fsp3) is 0.462. The van der Waals surface area contributed by atoms with Crippen LogP contribution in [-0.4, -0.2) is 25.2 Å². The van der Waals surface area contributed by atoms with E-state index in [0.717, 1.165) is 12.1 Å². The summed E-state index contributed by atoms with van der Waals surface area (Å²) in [4.78, 5) is 13.3. The Morgan fingerprint density at radius 3 is 2.42 bits per heavy atom. The summed E-state index contributed by atoms with van der Waals surface area (Å²) in [7, 11) is 0. The van der Waals surface area contributed by atoms with Crippen LogP contribution in [-0.2, 0) is 15.7 Å². The summed E-state index contributed by atoms with van der Waals surface area (Å²) in [6, 6.07) is 4.44. The Balaban J connectivity index is 2.09. The van der Waals surface area contributed by atoms with Crippen molar-refractivity contribution in [2.24, 2.45) is 0 Å². The van der Waals surface area contributed by atoms with Crippen molar-refractivity contribution >= 4 is 11.7 Å². The van der Waals surface area contributed by atoms with E-state index < -0.39 is 11.7 Å². The molecule has 0 amide bonds. The average Bonchev–Trinajstić information content (AvgIpc) is 2.27. The number of hydrogen-bond acceptors (Lipinski definition) is 3. The number of esters is 1. The van der Waals surface area contributed by atoms with Crippen LogP contribution in [0.3, 0.4) is 0 Å². The van der Waals surface area contributed by atoms with Crippen LogP contribution in [0.5, 0.6) is 0 Å². The third kappa shape index (κ3) is 2.83. The van der Waals surface area contributed by atoms with E-state index in [-0.39, 0.29) is 12.0 Å². The lowest BCUT2D eigenvalue weighted by Gasteiger charge is -2.40. The lowest BCUT2D eigenvalue weighted by molar-refractivity contribution is -0.146. The molecule has 6 heteroatoms. The molecule has 1 aromatic carbocycles. The molecule has 1 aliphatic rings. The number of halogens is 3. The van der Waals surface area contributed by atoms with Crippen LogP contribution in [0, 0.1) is 0 Å². The smallest absolute Gasteiger partial charge is 0.416 e. The number of benzene rings is 1. The Kier molecular flexibility index (Phi) is 3.68. The van der Waals surface area contributed by atoms with Crippen molar-refractivity contribution in [3.8, 4) is 0 Å². The topological polar surface area (TPSA) is 29.5 Å². The molecule has 1 fully saturated rings. The molecule has 1 atom stereocenters. The highest BCUT2D eigenvalue weighted by molar-refractivity contribution is 5.82. The summed E-state index contributed by atoms with van der Waals surface area (Å²) >= 11 is 0.